The van der Waals surface area contributed by atoms with Crippen LogP contribution in [0.3, 0.4) is 0 Å². The van der Waals surface area contributed by atoms with E-state index in [9.17, 15) is 9.59 Å². The highest BCUT2D eigenvalue weighted by Crippen LogP contribution is 2.26. The summed E-state index contributed by atoms with van der Waals surface area (Å²) in [5, 5.41) is 2.75. The Bertz CT molecular complexity index is 437. The van der Waals surface area contributed by atoms with Gasteiger partial charge in [-0.15, -0.1) is 11.8 Å². The smallest absolute Gasteiger partial charge is 0.253 e. The Morgan fingerprint density at radius 3 is 2.72 bits per heavy atom. The fourth-order valence-corrected chi connectivity index (χ4v) is 1.93. The molecule has 5 nitrogen and oxygen atoms in total. The Hall–Kier alpha value is -1.53. The average Bonchev–Trinajstić information content (AvgIpc) is 2.36. The molecule has 0 aliphatic carbocycles. The van der Waals surface area contributed by atoms with E-state index in [-0.39, 0.29) is 11.7 Å². The molecule has 98 valence electrons. The highest BCUT2D eigenvalue weighted by atomic mass is 32.2. The number of nitrogens with two attached hydrogens (primary N) is 1. The molecule has 0 fully saturated rings. The van der Waals surface area contributed by atoms with Crippen molar-refractivity contribution in [3.8, 4) is 0 Å². The van der Waals surface area contributed by atoms with Crippen molar-refractivity contribution in [3.63, 3.8) is 0 Å². The third-order valence-corrected chi connectivity index (χ3v) is 3.33. The largest absolute Gasteiger partial charge is 0.372 e. The zero-order valence-corrected chi connectivity index (χ0v) is 11.1. The number of para-hydroxylation sites is 1. The van der Waals surface area contributed by atoms with Crippen LogP contribution in [0.5, 0.6) is 0 Å². The second-order valence-electron chi connectivity index (χ2n) is 3.62. The van der Waals surface area contributed by atoms with Crippen LogP contribution in [0.25, 0.3) is 0 Å². The molecule has 0 aliphatic rings. The van der Waals surface area contributed by atoms with Crippen LogP contribution < -0.4 is 11.1 Å². The number of anilines is 1. The Kier molecular flexibility index (Phi) is 5.67. The summed E-state index contributed by atoms with van der Waals surface area (Å²) in [6.07, 6.45) is -0.529. The number of nitrogens with one attached hydrogen (secondary N) is 1. The van der Waals surface area contributed by atoms with E-state index in [2.05, 4.69) is 5.32 Å². The molecule has 3 N–H and O–H groups in total. The van der Waals surface area contributed by atoms with Gasteiger partial charge < -0.3 is 15.8 Å². The van der Waals surface area contributed by atoms with E-state index in [0.29, 0.717) is 5.69 Å². The molecular formula is C12H16N2O3S. The van der Waals surface area contributed by atoms with E-state index in [1.54, 1.807) is 19.1 Å². The molecule has 1 atom stereocenters. The number of hydrogen-bond donors (Lipinski definition) is 2. The van der Waals surface area contributed by atoms with Gasteiger partial charge in [0.05, 0.1) is 11.4 Å². The Labute approximate surface area is 110 Å². The summed E-state index contributed by atoms with van der Waals surface area (Å²) in [6.45, 7) is 1.66. The van der Waals surface area contributed by atoms with Crippen LogP contribution in [-0.4, -0.2) is 30.8 Å². The molecule has 0 spiro atoms. The van der Waals surface area contributed by atoms with Gasteiger partial charge in [-0.05, 0) is 19.1 Å². The number of carbonyl (C=O) groups excluding carboxylic acids is 2. The number of amides is 2. The molecule has 2 amide bonds. The van der Waals surface area contributed by atoms with Crippen LogP contribution in [0, 0.1) is 0 Å². The molecule has 0 aromatic heterocycles. The number of ether oxygens (including phenoxy) is 1. The normalized spacial score (nSPS) is 11.9. The van der Waals surface area contributed by atoms with Crippen LogP contribution in [0.15, 0.2) is 29.2 Å². The first kappa shape index (κ1) is 14.5. The number of benzene rings is 1. The van der Waals surface area contributed by atoms with Gasteiger partial charge >= 0.3 is 0 Å². The van der Waals surface area contributed by atoms with Gasteiger partial charge in [-0.3, -0.25) is 9.59 Å². The zero-order valence-electron chi connectivity index (χ0n) is 10.3. The van der Waals surface area contributed by atoms with Gasteiger partial charge in [0.25, 0.3) is 5.91 Å². The fourth-order valence-electron chi connectivity index (χ4n) is 1.19. The quantitative estimate of drug-likeness (QED) is 0.760. The lowest BCUT2D eigenvalue weighted by Gasteiger charge is -2.13. The first-order valence-electron chi connectivity index (χ1n) is 5.38. The van der Waals surface area contributed by atoms with Crippen LogP contribution in [0.2, 0.25) is 0 Å². The number of rotatable bonds is 6. The van der Waals surface area contributed by atoms with E-state index >= 15 is 0 Å². The van der Waals surface area contributed by atoms with Crippen molar-refractivity contribution in [1.82, 2.24) is 0 Å². The number of primary amides is 1. The SMILES string of the molecule is COC(C)C(=O)Nc1ccccc1SCC(N)=O. The number of carbonyl (C=O) groups is 2. The number of hydrogen-bond acceptors (Lipinski definition) is 4. The molecule has 0 radical (unpaired) electrons. The third kappa shape index (κ3) is 4.38. The van der Waals surface area contributed by atoms with Crippen LogP contribution in [0.4, 0.5) is 5.69 Å². The van der Waals surface area contributed by atoms with Crippen molar-refractivity contribution in [3.05, 3.63) is 24.3 Å². The molecule has 1 rings (SSSR count). The first-order valence-corrected chi connectivity index (χ1v) is 6.37. The maximum atomic E-state index is 11.7. The van der Waals surface area contributed by atoms with E-state index in [4.69, 9.17) is 10.5 Å². The predicted molar refractivity (Wildman–Crippen MR) is 71.5 cm³/mol. The minimum absolute atomic E-state index is 0.173. The molecule has 0 saturated heterocycles. The van der Waals surface area contributed by atoms with Crippen molar-refractivity contribution in [2.24, 2.45) is 5.73 Å². The second-order valence-corrected chi connectivity index (χ2v) is 4.64. The summed E-state index contributed by atoms with van der Waals surface area (Å²) in [5.41, 5.74) is 5.74. The van der Waals surface area contributed by atoms with Gasteiger partial charge in [0.15, 0.2) is 0 Å². The van der Waals surface area contributed by atoms with E-state index in [1.165, 1.54) is 18.9 Å². The molecule has 1 aromatic carbocycles. The highest BCUT2D eigenvalue weighted by Gasteiger charge is 2.13. The predicted octanol–water partition coefficient (Wildman–Crippen LogP) is 1.24. The maximum Gasteiger partial charge on any atom is 0.253 e. The van der Waals surface area contributed by atoms with Crippen molar-refractivity contribution in [1.29, 1.82) is 0 Å². The topological polar surface area (TPSA) is 81.4 Å². The van der Waals surface area contributed by atoms with Gasteiger partial charge in [0.2, 0.25) is 5.91 Å². The standard InChI is InChI=1S/C12H16N2O3S/c1-8(17-2)12(16)14-9-5-3-4-6-10(9)18-7-11(13)15/h3-6,8H,7H2,1-2H3,(H2,13,15)(H,14,16). The van der Waals surface area contributed by atoms with E-state index in [0.717, 1.165) is 4.90 Å². The average molecular weight is 268 g/mol. The van der Waals surface area contributed by atoms with Gasteiger partial charge in [0, 0.05) is 12.0 Å². The monoisotopic (exact) mass is 268 g/mol. The second kappa shape index (κ2) is 7.03. The Balaban J connectivity index is 2.75. The molecule has 18 heavy (non-hydrogen) atoms. The summed E-state index contributed by atoms with van der Waals surface area (Å²) in [7, 11) is 1.47. The molecule has 0 aliphatic heterocycles. The summed E-state index contributed by atoms with van der Waals surface area (Å²) in [6, 6.07) is 7.23. The summed E-state index contributed by atoms with van der Waals surface area (Å²) < 4.78 is 4.93. The summed E-state index contributed by atoms with van der Waals surface area (Å²) >= 11 is 1.29. The lowest BCUT2D eigenvalue weighted by molar-refractivity contribution is -0.124. The minimum atomic E-state index is -0.529. The van der Waals surface area contributed by atoms with Gasteiger partial charge in [-0.25, -0.2) is 0 Å². The van der Waals surface area contributed by atoms with Crippen molar-refractivity contribution in [2.75, 3.05) is 18.2 Å². The third-order valence-electron chi connectivity index (χ3n) is 2.24. The Morgan fingerprint density at radius 1 is 1.44 bits per heavy atom. The van der Waals surface area contributed by atoms with Crippen molar-refractivity contribution in [2.45, 2.75) is 17.9 Å². The fraction of sp³-hybridized carbons (Fsp3) is 0.333. The number of thioether (sulfide) groups is 1. The van der Waals surface area contributed by atoms with Crippen molar-refractivity contribution < 1.29 is 14.3 Å². The lowest BCUT2D eigenvalue weighted by atomic mass is 10.3. The van der Waals surface area contributed by atoms with Crippen molar-refractivity contribution >= 4 is 29.3 Å². The first-order chi connectivity index (χ1) is 8.54. The van der Waals surface area contributed by atoms with E-state index < -0.39 is 12.0 Å². The molecule has 0 bridgehead atoms. The van der Waals surface area contributed by atoms with Crippen LogP contribution in [-0.2, 0) is 14.3 Å². The highest BCUT2D eigenvalue weighted by molar-refractivity contribution is 8.00. The minimum Gasteiger partial charge on any atom is -0.372 e. The molecule has 6 heteroatoms. The lowest BCUT2D eigenvalue weighted by Crippen LogP contribution is -2.26. The van der Waals surface area contributed by atoms with Gasteiger partial charge in [-0.1, -0.05) is 12.1 Å². The zero-order chi connectivity index (χ0) is 13.5. The molecular weight excluding hydrogens is 252 g/mol. The van der Waals surface area contributed by atoms with Gasteiger partial charge in [-0.2, -0.15) is 0 Å². The Morgan fingerprint density at radius 2 is 2.11 bits per heavy atom. The molecule has 1 unspecified atom stereocenters. The molecule has 1 aromatic rings. The number of methoxy groups -OCH3 is 1. The van der Waals surface area contributed by atoms with Crippen LogP contribution >= 0.6 is 11.8 Å². The summed E-state index contributed by atoms with van der Waals surface area (Å²) in [5.74, 6) is -0.455. The maximum absolute atomic E-state index is 11.7. The van der Waals surface area contributed by atoms with E-state index in [1.807, 2.05) is 12.1 Å². The molecule has 0 saturated carbocycles. The van der Waals surface area contributed by atoms with Crippen LogP contribution in [0.1, 0.15) is 6.92 Å². The van der Waals surface area contributed by atoms with Gasteiger partial charge in [0.1, 0.15) is 6.10 Å². The summed E-state index contributed by atoms with van der Waals surface area (Å²) in [4.78, 5) is 23.3. The molecule has 0 heterocycles.